The van der Waals surface area contributed by atoms with Crippen LogP contribution in [0.4, 0.5) is 14.7 Å². The first-order chi connectivity index (χ1) is 11.5. The Morgan fingerprint density at radius 3 is 2.29 bits per heavy atom. The lowest BCUT2D eigenvalue weighted by Gasteiger charge is -2.37. The third-order valence-corrected chi connectivity index (χ3v) is 4.78. The second-order valence-electron chi connectivity index (χ2n) is 6.37. The third-order valence-electron chi connectivity index (χ3n) is 4.78. The normalized spacial score (nSPS) is 21.6. The van der Waals surface area contributed by atoms with Gasteiger partial charge in [0.1, 0.15) is 0 Å². The SMILES string of the molecule is COc1cnc(N2CCC(C(=O)N3CCC(F)(F)CC3)CC2)nc1. The van der Waals surface area contributed by atoms with Gasteiger partial charge in [-0.15, -0.1) is 0 Å². The van der Waals surface area contributed by atoms with Crippen molar-refractivity contribution in [1.82, 2.24) is 14.9 Å². The molecule has 0 unspecified atom stereocenters. The van der Waals surface area contributed by atoms with Gasteiger partial charge in [-0.2, -0.15) is 0 Å². The number of methoxy groups -OCH3 is 1. The third kappa shape index (κ3) is 3.73. The van der Waals surface area contributed by atoms with Gasteiger partial charge in [0.15, 0.2) is 5.75 Å². The number of piperidine rings is 2. The summed E-state index contributed by atoms with van der Waals surface area (Å²) >= 11 is 0. The van der Waals surface area contributed by atoms with Gasteiger partial charge in [-0.25, -0.2) is 18.7 Å². The summed E-state index contributed by atoms with van der Waals surface area (Å²) in [6.45, 7) is 1.70. The van der Waals surface area contributed by atoms with E-state index in [-0.39, 0.29) is 37.8 Å². The van der Waals surface area contributed by atoms with Crippen LogP contribution in [0.3, 0.4) is 0 Å². The first kappa shape index (κ1) is 16.9. The van der Waals surface area contributed by atoms with Crippen LogP contribution >= 0.6 is 0 Å². The van der Waals surface area contributed by atoms with Crippen molar-refractivity contribution >= 4 is 11.9 Å². The molecule has 132 valence electrons. The molecule has 3 rings (SSSR count). The van der Waals surface area contributed by atoms with Crippen LogP contribution in [0.15, 0.2) is 12.4 Å². The molecule has 2 fully saturated rings. The monoisotopic (exact) mass is 340 g/mol. The summed E-state index contributed by atoms with van der Waals surface area (Å²) in [5.41, 5.74) is 0. The molecule has 24 heavy (non-hydrogen) atoms. The van der Waals surface area contributed by atoms with Crippen molar-refractivity contribution in [3.05, 3.63) is 12.4 Å². The smallest absolute Gasteiger partial charge is 0.251 e. The number of carbonyl (C=O) groups is 1. The number of carbonyl (C=O) groups excluding carboxylic acids is 1. The fraction of sp³-hybridized carbons (Fsp3) is 0.688. The highest BCUT2D eigenvalue weighted by molar-refractivity contribution is 5.79. The molecule has 1 amide bonds. The number of amides is 1. The molecule has 6 nitrogen and oxygen atoms in total. The molecular formula is C16H22F2N4O2. The van der Waals surface area contributed by atoms with E-state index in [4.69, 9.17) is 4.74 Å². The van der Waals surface area contributed by atoms with Crippen molar-refractivity contribution in [1.29, 1.82) is 0 Å². The van der Waals surface area contributed by atoms with Crippen LogP contribution in [0.2, 0.25) is 0 Å². The topological polar surface area (TPSA) is 58.6 Å². The standard InChI is InChI=1S/C16H22F2N4O2/c1-24-13-10-19-15(20-11-13)22-6-2-12(3-7-22)14(23)21-8-4-16(17,18)5-9-21/h10-12H,2-9H2,1H3. The van der Waals surface area contributed by atoms with Gasteiger partial charge in [0.2, 0.25) is 11.9 Å². The van der Waals surface area contributed by atoms with Gasteiger partial charge in [-0.3, -0.25) is 4.79 Å². The Morgan fingerprint density at radius 2 is 1.75 bits per heavy atom. The molecule has 0 aliphatic carbocycles. The molecule has 0 aromatic carbocycles. The number of nitrogens with zero attached hydrogens (tertiary/aromatic N) is 4. The highest BCUT2D eigenvalue weighted by atomic mass is 19.3. The number of likely N-dealkylation sites (tertiary alicyclic amines) is 1. The highest BCUT2D eigenvalue weighted by Gasteiger charge is 2.38. The molecule has 0 saturated carbocycles. The molecule has 0 spiro atoms. The molecule has 8 heteroatoms. The lowest BCUT2D eigenvalue weighted by Crippen LogP contribution is -2.47. The summed E-state index contributed by atoms with van der Waals surface area (Å²) in [6, 6.07) is 0. The minimum absolute atomic E-state index is 0.0146. The highest BCUT2D eigenvalue weighted by Crippen LogP contribution is 2.30. The molecule has 2 aliphatic rings. The van der Waals surface area contributed by atoms with Crippen molar-refractivity contribution < 1.29 is 18.3 Å². The summed E-state index contributed by atoms with van der Waals surface area (Å²) in [5.74, 6) is -1.47. The Balaban J connectivity index is 1.52. The van der Waals surface area contributed by atoms with E-state index in [1.165, 1.54) is 0 Å². The Labute approximate surface area is 139 Å². The zero-order valence-electron chi connectivity index (χ0n) is 13.8. The molecule has 0 N–H and O–H groups in total. The van der Waals surface area contributed by atoms with Gasteiger partial charge in [-0.05, 0) is 12.8 Å². The molecule has 0 bridgehead atoms. The van der Waals surface area contributed by atoms with Crippen molar-refractivity contribution in [2.45, 2.75) is 31.6 Å². The van der Waals surface area contributed by atoms with Crippen LogP contribution in [0, 0.1) is 5.92 Å². The van der Waals surface area contributed by atoms with Gasteiger partial charge in [0, 0.05) is 44.9 Å². The van der Waals surface area contributed by atoms with Crippen molar-refractivity contribution in [2.75, 3.05) is 38.2 Å². The molecule has 3 heterocycles. The van der Waals surface area contributed by atoms with Gasteiger partial charge in [0.05, 0.1) is 19.5 Å². The molecule has 1 aromatic rings. The van der Waals surface area contributed by atoms with E-state index in [2.05, 4.69) is 9.97 Å². The van der Waals surface area contributed by atoms with E-state index in [0.717, 1.165) is 0 Å². The minimum atomic E-state index is -2.62. The number of rotatable bonds is 3. The van der Waals surface area contributed by atoms with Crippen molar-refractivity contribution in [3.8, 4) is 5.75 Å². The second kappa shape index (κ2) is 6.86. The van der Waals surface area contributed by atoms with Crippen LogP contribution in [-0.2, 0) is 4.79 Å². The Morgan fingerprint density at radius 1 is 1.17 bits per heavy atom. The predicted octanol–water partition coefficient (Wildman–Crippen LogP) is 1.96. The van der Waals surface area contributed by atoms with E-state index in [1.54, 1.807) is 24.4 Å². The molecule has 0 atom stereocenters. The average molecular weight is 340 g/mol. The van der Waals surface area contributed by atoms with Crippen LogP contribution in [0.25, 0.3) is 0 Å². The lowest BCUT2D eigenvalue weighted by atomic mass is 9.94. The first-order valence-corrected chi connectivity index (χ1v) is 8.26. The van der Waals surface area contributed by atoms with Crippen LogP contribution in [0.5, 0.6) is 5.75 Å². The van der Waals surface area contributed by atoms with Gasteiger partial charge >= 0.3 is 0 Å². The largest absolute Gasteiger partial charge is 0.494 e. The van der Waals surface area contributed by atoms with Crippen molar-refractivity contribution in [2.24, 2.45) is 5.92 Å². The van der Waals surface area contributed by atoms with Crippen LogP contribution in [0.1, 0.15) is 25.7 Å². The number of anilines is 1. The zero-order valence-corrected chi connectivity index (χ0v) is 13.8. The number of alkyl halides is 2. The Bertz CT molecular complexity index is 564. The second-order valence-corrected chi connectivity index (χ2v) is 6.37. The van der Waals surface area contributed by atoms with E-state index < -0.39 is 5.92 Å². The number of hydrogen-bond donors (Lipinski definition) is 0. The number of aromatic nitrogens is 2. The molecular weight excluding hydrogens is 318 g/mol. The minimum Gasteiger partial charge on any atom is -0.494 e. The van der Waals surface area contributed by atoms with Gasteiger partial charge in [-0.1, -0.05) is 0 Å². The predicted molar refractivity (Wildman–Crippen MR) is 84.3 cm³/mol. The van der Waals surface area contributed by atoms with Gasteiger partial charge < -0.3 is 14.5 Å². The quantitative estimate of drug-likeness (QED) is 0.842. The van der Waals surface area contributed by atoms with Crippen LogP contribution in [-0.4, -0.2) is 60.0 Å². The molecule has 2 aliphatic heterocycles. The van der Waals surface area contributed by atoms with E-state index in [9.17, 15) is 13.6 Å². The fourth-order valence-electron chi connectivity index (χ4n) is 3.22. The summed E-state index contributed by atoms with van der Waals surface area (Å²) in [5, 5.41) is 0. The Kier molecular flexibility index (Phi) is 4.82. The number of ether oxygens (including phenoxy) is 1. The maximum Gasteiger partial charge on any atom is 0.251 e. The van der Waals surface area contributed by atoms with E-state index >= 15 is 0 Å². The molecule has 1 aromatic heterocycles. The summed E-state index contributed by atoms with van der Waals surface area (Å²) in [7, 11) is 1.56. The maximum absolute atomic E-state index is 13.2. The van der Waals surface area contributed by atoms with E-state index in [0.29, 0.717) is 37.6 Å². The van der Waals surface area contributed by atoms with Gasteiger partial charge in [0.25, 0.3) is 5.92 Å². The summed E-state index contributed by atoms with van der Waals surface area (Å²) in [4.78, 5) is 24.7. The first-order valence-electron chi connectivity index (χ1n) is 8.26. The summed E-state index contributed by atoms with van der Waals surface area (Å²) in [6.07, 6.45) is 4.18. The van der Waals surface area contributed by atoms with Crippen molar-refractivity contribution in [3.63, 3.8) is 0 Å². The Hall–Kier alpha value is -1.99. The van der Waals surface area contributed by atoms with E-state index in [1.807, 2.05) is 4.90 Å². The molecule has 0 radical (unpaired) electrons. The lowest BCUT2D eigenvalue weighted by molar-refractivity contribution is -0.142. The molecule has 2 saturated heterocycles. The number of hydrogen-bond acceptors (Lipinski definition) is 5. The maximum atomic E-state index is 13.2. The average Bonchev–Trinajstić information content (AvgIpc) is 2.61. The summed E-state index contributed by atoms with van der Waals surface area (Å²) < 4.78 is 31.5. The zero-order chi connectivity index (χ0) is 17.2. The van der Waals surface area contributed by atoms with Crippen LogP contribution < -0.4 is 9.64 Å². The fourth-order valence-corrected chi connectivity index (χ4v) is 3.22. The number of halogens is 2.